The Hall–Kier alpha value is 1.40. The molecule has 2 aliphatic rings. The molecule has 0 aromatic rings. The summed E-state index contributed by atoms with van der Waals surface area (Å²) in [6.45, 7) is 0. The first-order chi connectivity index (χ1) is 8.47. The molecule has 1 aliphatic carbocycles. The predicted molar refractivity (Wildman–Crippen MR) is 90.2 cm³/mol. The van der Waals surface area contributed by atoms with Crippen molar-refractivity contribution in [2.75, 3.05) is 34.5 Å². The molecule has 0 amide bonds. The van der Waals surface area contributed by atoms with Gasteiger partial charge in [-0.2, -0.15) is 47.0 Å². The van der Waals surface area contributed by atoms with Crippen molar-refractivity contribution in [3.05, 3.63) is 0 Å². The molecule has 0 aromatic carbocycles. The van der Waals surface area contributed by atoms with Gasteiger partial charge in [-0.05, 0) is 48.7 Å². The zero-order chi connectivity index (χ0) is 11.8. The zero-order valence-corrected chi connectivity index (χ0v) is 13.8. The summed E-state index contributed by atoms with van der Waals surface area (Å²) >= 11 is 8.89. The van der Waals surface area contributed by atoms with Crippen molar-refractivity contribution in [3.63, 3.8) is 0 Å². The lowest BCUT2D eigenvalue weighted by molar-refractivity contribution is 0.889. The smallest absolute Gasteiger partial charge is 0.0166 e. The van der Waals surface area contributed by atoms with Crippen molar-refractivity contribution < 1.29 is 0 Å². The molecule has 0 radical (unpaired) electrons. The van der Waals surface area contributed by atoms with E-state index in [9.17, 15) is 0 Å². The summed E-state index contributed by atoms with van der Waals surface area (Å²) < 4.78 is 0. The quantitative estimate of drug-likeness (QED) is 0.639. The highest BCUT2D eigenvalue weighted by Gasteiger charge is 2.27. The Morgan fingerprint density at radius 2 is 1.06 bits per heavy atom. The molecule has 1 heterocycles. The SMILES string of the molecule is C1CSCCSCCCS[C@@H]2CCC[C@H]2SC1. The normalized spacial score (nSPS) is 33.9. The van der Waals surface area contributed by atoms with Gasteiger partial charge < -0.3 is 0 Å². The summed E-state index contributed by atoms with van der Waals surface area (Å²) in [6.07, 6.45) is 7.31. The molecular formula is C13H24S4. The van der Waals surface area contributed by atoms with Gasteiger partial charge in [0.1, 0.15) is 0 Å². The van der Waals surface area contributed by atoms with Crippen LogP contribution in [0.2, 0.25) is 0 Å². The van der Waals surface area contributed by atoms with Crippen molar-refractivity contribution in [1.29, 1.82) is 0 Å². The average Bonchev–Trinajstić information content (AvgIpc) is 2.78. The number of hydrogen-bond acceptors (Lipinski definition) is 4. The van der Waals surface area contributed by atoms with Crippen molar-refractivity contribution in [3.8, 4) is 0 Å². The summed E-state index contributed by atoms with van der Waals surface area (Å²) in [6, 6.07) is 0. The Kier molecular flexibility index (Phi) is 8.12. The zero-order valence-electron chi connectivity index (χ0n) is 10.6. The molecule has 2 atom stereocenters. The van der Waals surface area contributed by atoms with Crippen molar-refractivity contribution in [2.45, 2.75) is 42.6 Å². The van der Waals surface area contributed by atoms with Crippen LogP contribution in [-0.4, -0.2) is 45.0 Å². The third-order valence-electron chi connectivity index (χ3n) is 3.29. The second-order valence-electron chi connectivity index (χ2n) is 4.68. The second kappa shape index (κ2) is 9.33. The van der Waals surface area contributed by atoms with Gasteiger partial charge in [-0.15, -0.1) is 0 Å². The van der Waals surface area contributed by atoms with Crippen LogP contribution in [0.25, 0.3) is 0 Å². The van der Waals surface area contributed by atoms with Crippen LogP contribution >= 0.6 is 47.0 Å². The monoisotopic (exact) mass is 308 g/mol. The van der Waals surface area contributed by atoms with Gasteiger partial charge in [-0.25, -0.2) is 0 Å². The number of rotatable bonds is 0. The van der Waals surface area contributed by atoms with Crippen LogP contribution in [0.5, 0.6) is 0 Å². The average molecular weight is 309 g/mol. The topological polar surface area (TPSA) is 0 Å². The van der Waals surface area contributed by atoms with Gasteiger partial charge in [0.15, 0.2) is 0 Å². The maximum absolute atomic E-state index is 2.28. The molecule has 0 N–H and O–H groups in total. The minimum Gasteiger partial charge on any atom is -0.161 e. The molecular weight excluding hydrogens is 284 g/mol. The van der Waals surface area contributed by atoms with E-state index in [0.717, 1.165) is 10.5 Å². The largest absolute Gasteiger partial charge is 0.161 e. The highest BCUT2D eigenvalue weighted by Crippen LogP contribution is 2.38. The third kappa shape index (κ3) is 5.92. The molecule has 2 rings (SSSR count). The Morgan fingerprint density at radius 3 is 1.59 bits per heavy atom. The minimum absolute atomic E-state index is 0.987. The highest BCUT2D eigenvalue weighted by atomic mass is 32.2. The molecule has 0 bridgehead atoms. The van der Waals surface area contributed by atoms with Crippen molar-refractivity contribution >= 4 is 47.0 Å². The second-order valence-corrected chi connectivity index (χ2v) is 9.82. The Morgan fingerprint density at radius 1 is 0.529 bits per heavy atom. The van der Waals surface area contributed by atoms with Crippen molar-refractivity contribution in [1.82, 2.24) is 0 Å². The van der Waals surface area contributed by atoms with E-state index in [-0.39, 0.29) is 0 Å². The van der Waals surface area contributed by atoms with Crippen LogP contribution in [0.1, 0.15) is 32.1 Å². The molecule has 1 saturated carbocycles. The molecule has 0 aromatic heterocycles. The van der Waals surface area contributed by atoms with Crippen molar-refractivity contribution in [2.24, 2.45) is 0 Å². The molecule has 0 spiro atoms. The van der Waals surface area contributed by atoms with E-state index in [4.69, 9.17) is 0 Å². The fourth-order valence-electron chi connectivity index (χ4n) is 2.39. The molecule has 2 fully saturated rings. The molecule has 1 aliphatic heterocycles. The first-order valence-corrected chi connectivity index (χ1v) is 11.3. The van der Waals surface area contributed by atoms with E-state index < -0.39 is 0 Å². The molecule has 100 valence electrons. The standard InChI is InChI=1S/C13H24S4/c1-4-12-13(5-1)17-9-3-7-15-11-10-14-6-2-8-16-12/h12-13H,1-11H2/t12-,13-/m1/s1. The van der Waals surface area contributed by atoms with Crippen LogP contribution < -0.4 is 0 Å². The van der Waals surface area contributed by atoms with E-state index in [1.54, 1.807) is 0 Å². The lowest BCUT2D eigenvalue weighted by Crippen LogP contribution is -2.14. The maximum atomic E-state index is 2.28. The Balaban J connectivity index is 1.72. The minimum atomic E-state index is 0.987. The first-order valence-electron chi connectivity index (χ1n) is 6.85. The van der Waals surface area contributed by atoms with Gasteiger partial charge in [0.25, 0.3) is 0 Å². The fraction of sp³-hybridized carbons (Fsp3) is 1.00. The lowest BCUT2D eigenvalue weighted by Gasteiger charge is -2.19. The van der Waals surface area contributed by atoms with Crippen LogP contribution in [0.3, 0.4) is 0 Å². The summed E-state index contributed by atoms with van der Waals surface area (Å²) in [4.78, 5) is 0. The Labute approximate surface area is 124 Å². The van der Waals surface area contributed by atoms with Crippen LogP contribution in [0.4, 0.5) is 0 Å². The Bertz CT molecular complexity index is 178. The molecule has 4 heteroatoms. The van der Waals surface area contributed by atoms with Crippen LogP contribution in [-0.2, 0) is 0 Å². The van der Waals surface area contributed by atoms with Crippen LogP contribution in [0.15, 0.2) is 0 Å². The summed E-state index contributed by atoms with van der Waals surface area (Å²) in [5.41, 5.74) is 0. The van der Waals surface area contributed by atoms with Crippen LogP contribution in [0, 0.1) is 0 Å². The van der Waals surface area contributed by atoms with Gasteiger partial charge in [0, 0.05) is 22.0 Å². The highest BCUT2D eigenvalue weighted by molar-refractivity contribution is 8.04. The lowest BCUT2D eigenvalue weighted by atomic mass is 10.4. The summed E-state index contributed by atoms with van der Waals surface area (Å²) in [7, 11) is 0. The van der Waals surface area contributed by atoms with Gasteiger partial charge in [0.05, 0.1) is 0 Å². The summed E-state index contributed by atoms with van der Waals surface area (Å²) in [5, 5.41) is 1.97. The van der Waals surface area contributed by atoms with E-state index >= 15 is 0 Å². The van der Waals surface area contributed by atoms with E-state index in [1.165, 1.54) is 66.6 Å². The molecule has 0 unspecified atom stereocenters. The predicted octanol–water partition coefficient (Wildman–Crippen LogP) is 4.63. The molecule has 1 saturated heterocycles. The first kappa shape index (κ1) is 14.8. The summed E-state index contributed by atoms with van der Waals surface area (Å²) in [5.74, 6) is 8.32. The van der Waals surface area contributed by atoms with Gasteiger partial charge in [-0.3, -0.25) is 0 Å². The molecule has 17 heavy (non-hydrogen) atoms. The number of hydrogen-bond donors (Lipinski definition) is 0. The van der Waals surface area contributed by atoms with E-state index in [1.807, 2.05) is 0 Å². The van der Waals surface area contributed by atoms with Gasteiger partial charge in [0.2, 0.25) is 0 Å². The van der Waals surface area contributed by atoms with Gasteiger partial charge >= 0.3 is 0 Å². The van der Waals surface area contributed by atoms with E-state index in [2.05, 4.69) is 47.0 Å². The number of fused-ring (bicyclic) bond motifs is 1. The fourth-order valence-corrected chi connectivity index (χ4v) is 7.87. The number of thioether (sulfide) groups is 4. The van der Waals surface area contributed by atoms with Gasteiger partial charge in [-0.1, -0.05) is 6.42 Å². The van der Waals surface area contributed by atoms with E-state index in [0.29, 0.717) is 0 Å². The molecule has 0 nitrogen and oxygen atoms in total. The maximum Gasteiger partial charge on any atom is 0.0166 e. The third-order valence-corrected chi connectivity index (χ3v) is 8.90.